The molecule has 0 atom stereocenters. The number of nitrogens with zero attached hydrogens (tertiary/aromatic N) is 2. The quantitative estimate of drug-likeness (QED) is 0.687. The summed E-state index contributed by atoms with van der Waals surface area (Å²) in [5.74, 6) is -0.401. The van der Waals surface area contributed by atoms with E-state index in [1.54, 1.807) is 24.3 Å². The maximum absolute atomic E-state index is 12.3. The van der Waals surface area contributed by atoms with Gasteiger partial charge in [0.05, 0.1) is 5.69 Å². The molecule has 3 aromatic rings. The van der Waals surface area contributed by atoms with Crippen LogP contribution in [0.2, 0.25) is 10.0 Å². The van der Waals surface area contributed by atoms with Crippen LogP contribution >= 0.6 is 23.2 Å². The van der Waals surface area contributed by atoms with Crippen molar-refractivity contribution in [2.24, 2.45) is 0 Å². The molecule has 1 heterocycles. The van der Waals surface area contributed by atoms with Crippen LogP contribution in [0.3, 0.4) is 0 Å². The minimum Gasteiger partial charge on any atom is -0.324 e. The van der Waals surface area contributed by atoms with E-state index >= 15 is 0 Å². The maximum atomic E-state index is 12.3. The predicted octanol–water partition coefficient (Wildman–Crippen LogP) is 4.42. The number of carbonyl (C=O) groups is 1. The third-order valence-electron chi connectivity index (χ3n) is 3.96. The van der Waals surface area contributed by atoms with Crippen molar-refractivity contribution < 1.29 is 4.79 Å². The fourth-order valence-corrected chi connectivity index (χ4v) is 3.12. The summed E-state index contributed by atoms with van der Waals surface area (Å²) in [6.07, 6.45) is 0.945. The Hall–Kier alpha value is -2.63. The number of hydrogen-bond acceptors (Lipinski definition) is 3. The van der Waals surface area contributed by atoms with Gasteiger partial charge in [0, 0.05) is 27.4 Å². The Balaban J connectivity index is 1.79. The third kappa shape index (κ3) is 4.96. The number of rotatable bonds is 5. The highest BCUT2D eigenvalue weighted by molar-refractivity contribution is 6.35. The van der Waals surface area contributed by atoms with E-state index in [-0.39, 0.29) is 12.1 Å². The first-order chi connectivity index (χ1) is 12.9. The van der Waals surface area contributed by atoms with Crippen LogP contribution in [0.15, 0.2) is 59.4 Å². The first-order valence-corrected chi connectivity index (χ1v) is 9.13. The van der Waals surface area contributed by atoms with Gasteiger partial charge in [-0.15, -0.1) is 0 Å². The van der Waals surface area contributed by atoms with Gasteiger partial charge in [-0.05, 0) is 36.2 Å². The van der Waals surface area contributed by atoms with Crippen LogP contribution in [0.25, 0.3) is 11.3 Å². The molecular weight excluding hydrogens is 385 g/mol. The summed E-state index contributed by atoms with van der Waals surface area (Å²) in [6, 6.07) is 15.7. The molecule has 0 aliphatic rings. The molecule has 0 fully saturated rings. The topological polar surface area (TPSA) is 64.0 Å². The summed E-state index contributed by atoms with van der Waals surface area (Å²) in [7, 11) is 0. The van der Waals surface area contributed by atoms with Gasteiger partial charge in [-0.25, -0.2) is 4.68 Å². The third-order valence-corrected chi connectivity index (χ3v) is 4.40. The molecule has 0 aliphatic carbocycles. The van der Waals surface area contributed by atoms with Crippen LogP contribution in [0.5, 0.6) is 0 Å². The zero-order valence-electron chi connectivity index (χ0n) is 14.6. The van der Waals surface area contributed by atoms with Gasteiger partial charge in [0.2, 0.25) is 5.91 Å². The monoisotopic (exact) mass is 401 g/mol. The predicted molar refractivity (Wildman–Crippen MR) is 108 cm³/mol. The molecule has 0 saturated heterocycles. The van der Waals surface area contributed by atoms with E-state index in [1.807, 2.05) is 24.3 Å². The Bertz CT molecular complexity index is 1010. The molecule has 0 saturated carbocycles. The van der Waals surface area contributed by atoms with Gasteiger partial charge in [0.25, 0.3) is 5.56 Å². The van der Waals surface area contributed by atoms with Crippen molar-refractivity contribution in [3.8, 4) is 11.3 Å². The second-order valence-electron chi connectivity index (χ2n) is 5.97. The molecule has 1 aromatic heterocycles. The van der Waals surface area contributed by atoms with E-state index in [4.69, 9.17) is 23.2 Å². The Labute approximate surface area is 166 Å². The molecule has 138 valence electrons. The zero-order chi connectivity index (χ0) is 19.4. The summed E-state index contributed by atoms with van der Waals surface area (Å²) < 4.78 is 1.13. The molecule has 2 aromatic carbocycles. The number of halogens is 2. The van der Waals surface area contributed by atoms with E-state index in [0.29, 0.717) is 21.4 Å². The summed E-state index contributed by atoms with van der Waals surface area (Å²) in [5.41, 5.74) is 2.81. The number of aromatic nitrogens is 2. The summed E-state index contributed by atoms with van der Waals surface area (Å²) in [6.45, 7) is 1.86. The van der Waals surface area contributed by atoms with Crippen LogP contribution in [0.4, 0.5) is 5.69 Å². The Morgan fingerprint density at radius 2 is 1.70 bits per heavy atom. The van der Waals surface area contributed by atoms with Gasteiger partial charge < -0.3 is 5.32 Å². The lowest BCUT2D eigenvalue weighted by Crippen LogP contribution is -2.29. The first kappa shape index (κ1) is 19.1. The standard InChI is InChI=1S/C20H17Cl2N3O2/c1-2-13-3-5-14(6-4-13)18-7-8-20(27)25(24-18)12-19(26)23-17-10-15(21)9-16(22)11-17/h3-11H,2,12H2,1H3,(H,23,26). The van der Waals surface area contributed by atoms with Crippen LogP contribution in [0.1, 0.15) is 12.5 Å². The van der Waals surface area contributed by atoms with Crippen LogP contribution < -0.4 is 10.9 Å². The second kappa shape index (κ2) is 8.37. The molecule has 27 heavy (non-hydrogen) atoms. The molecule has 0 aliphatic heterocycles. The van der Waals surface area contributed by atoms with Crippen molar-refractivity contribution in [3.05, 3.63) is 80.6 Å². The molecule has 7 heteroatoms. The van der Waals surface area contributed by atoms with E-state index < -0.39 is 5.91 Å². The SMILES string of the molecule is CCc1ccc(-c2ccc(=O)n(CC(=O)Nc3cc(Cl)cc(Cl)c3)n2)cc1. The van der Waals surface area contributed by atoms with Gasteiger partial charge in [-0.2, -0.15) is 5.10 Å². The van der Waals surface area contributed by atoms with Gasteiger partial charge >= 0.3 is 0 Å². The molecule has 0 spiro atoms. The van der Waals surface area contributed by atoms with Gasteiger partial charge in [-0.1, -0.05) is 54.4 Å². The smallest absolute Gasteiger partial charge is 0.267 e. The molecule has 0 unspecified atom stereocenters. The average Bonchev–Trinajstić information content (AvgIpc) is 2.62. The molecular formula is C20H17Cl2N3O2. The Morgan fingerprint density at radius 3 is 2.33 bits per heavy atom. The van der Waals surface area contributed by atoms with E-state index in [9.17, 15) is 9.59 Å². The Morgan fingerprint density at radius 1 is 1.04 bits per heavy atom. The highest BCUT2D eigenvalue weighted by atomic mass is 35.5. The van der Waals surface area contributed by atoms with Gasteiger partial charge in [0.15, 0.2) is 0 Å². The average molecular weight is 402 g/mol. The van der Waals surface area contributed by atoms with Gasteiger partial charge in [0.1, 0.15) is 6.54 Å². The lowest BCUT2D eigenvalue weighted by atomic mass is 10.1. The highest BCUT2D eigenvalue weighted by Gasteiger charge is 2.09. The van der Waals surface area contributed by atoms with E-state index in [1.165, 1.54) is 11.6 Å². The number of aryl methyl sites for hydroxylation is 1. The lowest BCUT2D eigenvalue weighted by molar-refractivity contribution is -0.117. The van der Waals surface area contributed by atoms with Crippen molar-refractivity contribution in [1.29, 1.82) is 0 Å². The summed E-state index contributed by atoms with van der Waals surface area (Å²) in [5, 5.41) is 7.79. The number of hydrogen-bond donors (Lipinski definition) is 1. The van der Waals surface area contributed by atoms with E-state index in [0.717, 1.165) is 16.7 Å². The number of benzene rings is 2. The molecule has 1 amide bonds. The highest BCUT2D eigenvalue weighted by Crippen LogP contribution is 2.22. The van der Waals surface area contributed by atoms with Crippen molar-refractivity contribution in [2.75, 3.05) is 5.32 Å². The van der Waals surface area contributed by atoms with Crippen molar-refractivity contribution in [3.63, 3.8) is 0 Å². The van der Waals surface area contributed by atoms with Crippen molar-refractivity contribution in [1.82, 2.24) is 9.78 Å². The zero-order valence-corrected chi connectivity index (χ0v) is 16.1. The molecule has 5 nitrogen and oxygen atoms in total. The Kier molecular flexibility index (Phi) is 5.94. The number of nitrogens with one attached hydrogen (secondary N) is 1. The second-order valence-corrected chi connectivity index (χ2v) is 6.84. The minimum absolute atomic E-state index is 0.218. The fraction of sp³-hybridized carbons (Fsp3) is 0.150. The normalized spacial score (nSPS) is 10.6. The maximum Gasteiger partial charge on any atom is 0.267 e. The van der Waals surface area contributed by atoms with Crippen LogP contribution in [0, 0.1) is 0 Å². The first-order valence-electron chi connectivity index (χ1n) is 8.38. The van der Waals surface area contributed by atoms with Crippen LogP contribution in [-0.4, -0.2) is 15.7 Å². The number of carbonyl (C=O) groups excluding carboxylic acids is 1. The molecule has 0 bridgehead atoms. The largest absolute Gasteiger partial charge is 0.324 e. The number of amides is 1. The molecule has 3 rings (SSSR count). The fourth-order valence-electron chi connectivity index (χ4n) is 2.59. The minimum atomic E-state index is -0.401. The van der Waals surface area contributed by atoms with Crippen molar-refractivity contribution >= 4 is 34.8 Å². The van der Waals surface area contributed by atoms with Crippen molar-refractivity contribution in [2.45, 2.75) is 19.9 Å². The molecule has 1 N–H and O–H groups in total. The van der Waals surface area contributed by atoms with Crippen LogP contribution in [-0.2, 0) is 17.8 Å². The van der Waals surface area contributed by atoms with E-state index in [2.05, 4.69) is 17.3 Å². The lowest BCUT2D eigenvalue weighted by Gasteiger charge is -2.09. The summed E-state index contributed by atoms with van der Waals surface area (Å²) >= 11 is 11.9. The molecule has 0 radical (unpaired) electrons. The van der Waals surface area contributed by atoms with Gasteiger partial charge in [-0.3, -0.25) is 9.59 Å². The number of anilines is 1. The summed E-state index contributed by atoms with van der Waals surface area (Å²) in [4.78, 5) is 24.4.